The lowest BCUT2D eigenvalue weighted by Crippen LogP contribution is -2.38. The maximum absolute atomic E-state index is 14.2. The first-order chi connectivity index (χ1) is 11.8. The van der Waals surface area contributed by atoms with E-state index in [1.807, 2.05) is 28.9 Å². The SMILES string of the molecule is CCN(CC)P(=O)(O[C@@H]1C[C@H](C)CC[C@H]1C(C)C)c1ccccc1I. The molecule has 1 aliphatic rings. The topological polar surface area (TPSA) is 29.5 Å². The Morgan fingerprint density at radius 1 is 1.24 bits per heavy atom. The van der Waals surface area contributed by atoms with Gasteiger partial charge in [0.05, 0.1) is 11.4 Å². The predicted octanol–water partition coefficient (Wildman–Crippen LogP) is 5.93. The molecule has 0 radical (unpaired) electrons. The zero-order valence-corrected chi connectivity index (χ0v) is 19.3. The number of benzene rings is 1. The molecule has 1 aromatic rings. The van der Waals surface area contributed by atoms with E-state index >= 15 is 0 Å². The summed E-state index contributed by atoms with van der Waals surface area (Å²) in [5.41, 5.74) is 0. The fraction of sp³-hybridized carbons (Fsp3) is 0.700. The van der Waals surface area contributed by atoms with E-state index < -0.39 is 7.52 Å². The van der Waals surface area contributed by atoms with Crippen LogP contribution < -0.4 is 5.30 Å². The summed E-state index contributed by atoms with van der Waals surface area (Å²) in [5, 5.41) is 0.861. The quantitative estimate of drug-likeness (QED) is 0.360. The van der Waals surface area contributed by atoms with E-state index in [1.165, 1.54) is 12.8 Å². The molecule has 1 unspecified atom stereocenters. The number of hydrogen-bond acceptors (Lipinski definition) is 2. The van der Waals surface area contributed by atoms with Crippen LogP contribution in [-0.4, -0.2) is 23.9 Å². The van der Waals surface area contributed by atoms with Crippen molar-refractivity contribution in [2.24, 2.45) is 17.8 Å². The third-order valence-electron chi connectivity index (χ3n) is 5.50. The van der Waals surface area contributed by atoms with Crippen molar-refractivity contribution in [3.05, 3.63) is 27.8 Å². The third-order valence-corrected chi connectivity index (χ3v) is 9.73. The van der Waals surface area contributed by atoms with Crippen LogP contribution in [0.5, 0.6) is 0 Å². The Hall–Kier alpha value is 0.100. The second kappa shape index (κ2) is 9.34. The third kappa shape index (κ3) is 4.88. The molecule has 1 saturated carbocycles. The molecule has 0 N–H and O–H groups in total. The molecule has 2 rings (SSSR count). The molecule has 0 aliphatic heterocycles. The van der Waals surface area contributed by atoms with Crippen LogP contribution in [0.4, 0.5) is 0 Å². The first-order valence-electron chi connectivity index (χ1n) is 9.62. The van der Waals surface area contributed by atoms with Crippen LogP contribution in [0.3, 0.4) is 0 Å². The fourth-order valence-corrected chi connectivity index (χ4v) is 7.80. The molecule has 1 aliphatic carbocycles. The monoisotopic (exact) mass is 477 g/mol. The summed E-state index contributed by atoms with van der Waals surface area (Å²) in [6, 6.07) is 7.98. The molecule has 1 fully saturated rings. The van der Waals surface area contributed by atoms with Crippen molar-refractivity contribution in [2.75, 3.05) is 13.1 Å². The van der Waals surface area contributed by atoms with E-state index in [2.05, 4.69) is 57.2 Å². The van der Waals surface area contributed by atoms with E-state index in [1.54, 1.807) is 0 Å². The zero-order chi connectivity index (χ0) is 18.6. The molecule has 4 atom stereocenters. The van der Waals surface area contributed by atoms with Crippen LogP contribution >= 0.6 is 30.1 Å². The van der Waals surface area contributed by atoms with E-state index in [-0.39, 0.29) is 6.10 Å². The summed E-state index contributed by atoms with van der Waals surface area (Å²) in [5.74, 6) is 1.68. The zero-order valence-electron chi connectivity index (χ0n) is 16.2. The van der Waals surface area contributed by atoms with Gasteiger partial charge in [0.1, 0.15) is 0 Å². The van der Waals surface area contributed by atoms with Crippen LogP contribution in [0.15, 0.2) is 24.3 Å². The molecule has 142 valence electrons. The summed E-state index contributed by atoms with van der Waals surface area (Å²) in [6.45, 7) is 12.4. The Kier molecular flexibility index (Phi) is 8.00. The fourth-order valence-electron chi connectivity index (χ4n) is 3.97. The minimum atomic E-state index is -3.07. The summed E-state index contributed by atoms with van der Waals surface area (Å²) >= 11 is 2.29. The van der Waals surface area contributed by atoms with Crippen LogP contribution in [0.1, 0.15) is 53.9 Å². The minimum absolute atomic E-state index is 0.0752. The van der Waals surface area contributed by atoms with Crippen molar-refractivity contribution < 1.29 is 9.09 Å². The maximum atomic E-state index is 14.2. The lowest BCUT2D eigenvalue weighted by molar-refractivity contribution is 0.0428. The number of hydrogen-bond donors (Lipinski definition) is 0. The normalized spacial score (nSPS) is 26.8. The first-order valence-corrected chi connectivity index (χ1v) is 12.3. The summed E-state index contributed by atoms with van der Waals surface area (Å²) in [7, 11) is -3.07. The number of halogens is 1. The van der Waals surface area contributed by atoms with Gasteiger partial charge in [0.2, 0.25) is 0 Å². The van der Waals surface area contributed by atoms with Gasteiger partial charge in [-0.1, -0.05) is 53.2 Å². The summed E-state index contributed by atoms with van der Waals surface area (Å²) in [4.78, 5) is 0. The lowest BCUT2D eigenvalue weighted by atomic mass is 9.75. The van der Waals surface area contributed by atoms with Gasteiger partial charge < -0.3 is 4.52 Å². The Labute approximate surface area is 167 Å². The minimum Gasteiger partial charge on any atom is -0.310 e. The van der Waals surface area contributed by atoms with Gasteiger partial charge in [0, 0.05) is 16.7 Å². The van der Waals surface area contributed by atoms with E-state index in [9.17, 15) is 4.57 Å². The van der Waals surface area contributed by atoms with Gasteiger partial charge in [-0.15, -0.1) is 0 Å². The average molecular weight is 477 g/mol. The van der Waals surface area contributed by atoms with Gasteiger partial charge in [0.25, 0.3) is 0 Å². The van der Waals surface area contributed by atoms with Crippen LogP contribution in [0, 0.1) is 21.3 Å². The molecular weight excluding hydrogens is 444 g/mol. The van der Waals surface area contributed by atoms with Crippen molar-refractivity contribution in [1.29, 1.82) is 0 Å². The van der Waals surface area contributed by atoms with Crippen molar-refractivity contribution in [3.8, 4) is 0 Å². The van der Waals surface area contributed by atoms with Gasteiger partial charge in [0.15, 0.2) is 0 Å². The van der Waals surface area contributed by atoms with Gasteiger partial charge in [-0.25, -0.2) is 4.67 Å². The molecular formula is C20H33INO2P. The van der Waals surface area contributed by atoms with Crippen molar-refractivity contribution in [3.63, 3.8) is 0 Å². The van der Waals surface area contributed by atoms with Crippen molar-refractivity contribution in [1.82, 2.24) is 4.67 Å². The van der Waals surface area contributed by atoms with Gasteiger partial charge in [-0.2, -0.15) is 0 Å². The molecule has 1 aromatic carbocycles. The smallest absolute Gasteiger partial charge is 0.303 e. The largest absolute Gasteiger partial charge is 0.310 e. The van der Waals surface area contributed by atoms with Crippen LogP contribution in [0.2, 0.25) is 0 Å². The highest BCUT2D eigenvalue weighted by atomic mass is 127. The standard InChI is InChI=1S/C20H33INO2P/c1-6-22(7-2)25(23,20-11-9-8-10-18(20)21)24-19-14-16(5)12-13-17(19)15(3)4/h8-11,15-17,19H,6-7,12-14H2,1-5H3/t16-,17+,19-,25?/m1/s1. The number of nitrogens with zero attached hydrogens (tertiary/aromatic N) is 1. The number of rotatable bonds is 7. The van der Waals surface area contributed by atoms with Gasteiger partial charge >= 0.3 is 7.52 Å². The Balaban J connectivity index is 2.42. The highest BCUT2D eigenvalue weighted by Gasteiger charge is 2.41. The molecule has 25 heavy (non-hydrogen) atoms. The molecule has 0 bridgehead atoms. The summed E-state index contributed by atoms with van der Waals surface area (Å²) in [6.07, 6.45) is 3.51. The van der Waals surface area contributed by atoms with Crippen molar-refractivity contribution >= 4 is 35.4 Å². The maximum Gasteiger partial charge on any atom is 0.303 e. The van der Waals surface area contributed by atoms with E-state index in [0.29, 0.717) is 17.8 Å². The van der Waals surface area contributed by atoms with E-state index in [0.717, 1.165) is 28.4 Å². The van der Waals surface area contributed by atoms with Gasteiger partial charge in [-0.3, -0.25) is 4.57 Å². The Morgan fingerprint density at radius 3 is 2.44 bits per heavy atom. The highest BCUT2D eigenvalue weighted by molar-refractivity contribution is 14.1. The molecule has 3 nitrogen and oxygen atoms in total. The molecule has 0 amide bonds. The predicted molar refractivity (Wildman–Crippen MR) is 116 cm³/mol. The molecule has 0 aromatic heterocycles. The van der Waals surface area contributed by atoms with Gasteiger partial charge in [-0.05, 0) is 65.3 Å². The van der Waals surface area contributed by atoms with E-state index in [4.69, 9.17) is 4.52 Å². The highest BCUT2D eigenvalue weighted by Crippen LogP contribution is 2.54. The second-order valence-electron chi connectivity index (χ2n) is 7.58. The lowest BCUT2D eigenvalue weighted by Gasteiger charge is -2.41. The average Bonchev–Trinajstić information content (AvgIpc) is 2.56. The Bertz CT molecular complexity index is 603. The second-order valence-corrected chi connectivity index (χ2v) is 11.0. The molecule has 0 spiro atoms. The van der Waals surface area contributed by atoms with Crippen LogP contribution in [0.25, 0.3) is 0 Å². The Morgan fingerprint density at radius 2 is 1.88 bits per heavy atom. The first kappa shape index (κ1) is 21.4. The summed E-state index contributed by atoms with van der Waals surface area (Å²) < 4.78 is 23.9. The molecule has 0 heterocycles. The van der Waals surface area contributed by atoms with Crippen molar-refractivity contribution in [2.45, 2.75) is 60.0 Å². The molecule has 5 heteroatoms. The van der Waals surface area contributed by atoms with Crippen LogP contribution in [-0.2, 0) is 9.09 Å². The molecule has 0 saturated heterocycles.